The van der Waals surface area contributed by atoms with Gasteiger partial charge in [0, 0.05) is 11.8 Å². The number of nitrogens with zero attached hydrogens (tertiary/aromatic N) is 4. The van der Waals surface area contributed by atoms with Crippen molar-refractivity contribution in [2.24, 2.45) is 0 Å². The zero-order chi connectivity index (χ0) is 16.8. The van der Waals surface area contributed by atoms with Gasteiger partial charge in [-0.05, 0) is 29.8 Å². The van der Waals surface area contributed by atoms with E-state index in [1.54, 1.807) is 41.3 Å². The third kappa shape index (κ3) is 3.80. The lowest BCUT2D eigenvalue weighted by Crippen LogP contribution is -2.41. The van der Waals surface area contributed by atoms with Crippen molar-refractivity contribution in [2.75, 3.05) is 0 Å². The monoisotopic (exact) mass is 322 g/mol. The fourth-order valence-electron chi connectivity index (χ4n) is 2.01. The Bertz CT molecular complexity index is 816. The van der Waals surface area contributed by atoms with Crippen LogP contribution in [0.25, 0.3) is 0 Å². The molecule has 0 atom stereocenters. The number of carbonyl (C=O) groups excluding carboxylic acids is 2. The smallest absolute Gasteiger partial charge is 0.267 e. The van der Waals surface area contributed by atoms with Gasteiger partial charge < -0.3 is 0 Å². The molecule has 8 nitrogen and oxygen atoms in total. The standard InChI is InChI=1S/C16H14N6O2/c23-15(20-21-16(24)14-3-1-2-8-18-14)13-6-4-12(5-7-13)9-22-11-17-10-19-22/h1-8,10-11H,9H2,(H,20,23)(H,21,24). The first-order chi connectivity index (χ1) is 11.7. The minimum atomic E-state index is -0.480. The number of aromatic nitrogens is 4. The van der Waals surface area contributed by atoms with Crippen LogP contribution in [0.15, 0.2) is 61.3 Å². The van der Waals surface area contributed by atoms with Crippen LogP contribution in [0.3, 0.4) is 0 Å². The lowest BCUT2D eigenvalue weighted by molar-refractivity contribution is 0.0844. The van der Waals surface area contributed by atoms with Gasteiger partial charge in [0.1, 0.15) is 18.3 Å². The van der Waals surface area contributed by atoms with Gasteiger partial charge >= 0.3 is 0 Å². The van der Waals surface area contributed by atoms with E-state index in [2.05, 4.69) is 25.9 Å². The van der Waals surface area contributed by atoms with Crippen molar-refractivity contribution in [2.45, 2.75) is 6.54 Å². The number of carbonyl (C=O) groups is 2. The molecule has 3 aromatic rings. The molecule has 2 heterocycles. The molecule has 0 fully saturated rings. The average Bonchev–Trinajstić information content (AvgIpc) is 3.14. The summed E-state index contributed by atoms with van der Waals surface area (Å²) in [5.74, 6) is -0.890. The summed E-state index contributed by atoms with van der Waals surface area (Å²) in [6.45, 7) is 0.568. The number of hydrazine groups is 1. The second-order valence-corrected chi connectivity index (χ2v) is 4.91. The molecule has 0 saturated carbocycles. The fourth-order valence-corrected chi connectivity index (χ4v) is 2.01. The summed E-state index contributed by atoms with van der Waals surface area (Å²) in [5, 5.41) is 4.02. The molecule has 0 aliphatic rings. The predicted octanol–water partition coefficient (Wildman–Crippen LogP) is 0.796. The van der Waals surface area contributed by atoms with Gasteiger partial charge in [-0.15, -0.1) is 0 Å². The van der Waals surface area contributed by atoms with Crippen molar-refractivity contribution in [1.82, 2.24) is 30.6 Å². The Morgan fingerprint density at radius 3 is 2.46 bits per heavy atom. The highest BCUT2D eigenvalue weighted by atomic mass is 16.2. The van der Waals surface area contributed by atoms with E-state index < -0.39 is 11.8 Å². The van der Waals surface area contributed by atoms with Crippen molar-refractivity contribution in [3.05, 3.63) is 78.1 Å². The number of nitrogens with one attached hydrogen (secondary N) is 2. The van der Waals surface area contributed by atoms with Crippen LogP contribution in [0, 0.1) is 0 Å². The van der Waals surface area contributed by atoms with Gasteiger partial charge in [0.25, 0.3) is 11.8 Å². The van der Waals surface area contributed by atoms with E-state index >= 15 is 0 Å². The minimum Gasteiger partial charge on any atom is -0.267 e. The number of benzene rings is 1. The van der Waals surface area contributed by atoms with Crippen LogP contribution in [0.2, 0.25) is 0 Å². The molecular formula is C16H14N6O2. The Kier molecular flexibility index (Phi) is 4.57. The summed E-state index contributed by atoms with van der Waals surface area (Å²) in [6.07, 6.45) is 4.59. The molecule has 2 aromatic heterocycles. The third-order valence-electron chi connectivity index (χ3n) is 3.21. The normalized spacial score (nSPS) is 10.2. The topological polar surface area (TPSA) is 102 Å². The molecule has 0 saturated heterocycles. The van der Waals surface area contributed by atoms with Gasteiger partial charge in [0.05, 0.1) is 6.54 Å². The van der Waals surface area contributed by atoms with E-state index in [-0.39, 0.29) is 5.69 Å². The molecule has 0 spiro atoms. The minimum absolute atomic E-state index is 0.223. The van der Waals surface area contributed by atoms with Crippen LogP contribution < -0.4 is 10.9 Å². The Morgan fingerprint density at radius 2 is 1.79 bits per heavy atom. The first kappa shape index (κ1) is 15.3. The molecule has 0 aliphatic carbocycles. The highest BCUT2D eigenvalue weighted by Crippen LogP contribution is 2.05. The number of hydrogen-bond acceptors (Lipinski definition) is 5. The van der Waals surface area contributed by atoms with Gasteiger partial charge in [0.15, 0.2) is 0 Å². The molecule has 0 radical (unpaired) electrons. The van der Waals surface area contributed by atoms with Crippen LogP contribution in [-0.4, -0.2) is 31.6 Å². The van der Waals surface area contributed by atoms with Gasteiger partial charge in [-0.1, -0.05) is 18.2 Å². The van der Waals surface area contributed by atoms with E-state index in [1.165, 1.54) is 12.5 Å². The van der Waals surface area contributed by atoms with Gasteiger partial charge in [-0.2, -0.15) is 5.10 Å². The van der Waals surface area contributed by atoms with Crippen molar-refractivity contribution >= 4 is 11.8 Å². The molecule has 0 unspecified atom stereocenters. The van der Waals surface area contributed by atoms with Crippen molar-refractivity contribution in [1.29, 1.82) is 0 Å². The van der Waals surface area contributed by atoms with Gasteiger partial charge in [-0.25, -0.2) is 9.67 Å². The molecular weight excluding hydrogens is 308 g/mol. The summed E-state index contributed by atoms with van der Waals surface area (Å²) in [4.78, 5) is 31.6. The van der Waals surface area contributed by atoms with Crippen LogP contribution in [0.5, 0.6) is 0 Å². The Hall–Kier alpha value is -3.55. The second kappa shape index (κ2) is 7.14. The zero-order valence-electron chi connectivity index (χ0n) is 12.6. The molecule has 1 aromatic carbocycles. The lowest BCUT2D eigenvalue weighted by atomic mass is 10.1. The Morgan fingerprint density at radius 1 is 1.00 bits per heavy atom. The fraction of sp³-hybridized carbons (Fsp3) is 0.0625. The van der Waals surface area contributed by atoms with Gasteiger partial charge in [-0.3, -0.25) is 25.4 Å². The molecule has 0 bridgehead atoms. The van der Waals surface area contributed by atoms with E-state index in [1.807, 2.05) is 12.1 Å². The largest absolute Gasteiger partial charge is 0.288 e. The van der Waals surface area contributed by atoms with Crippen LogP contribution in [0.4, 0.5) is 0 Å². The molecule has 120 valence electrons. The first-order valence-electron chi connectivity index (χ1n) is 7.15. The van der Waals surface area contributed by atoms with Crippen molar-refractivity contribution in [3.63, 3.8) is 0 Å². The number of hydrogen-bond donors (Lipinski definition) is 2. The van der Waals surface area contributed by atoms with E-state index in [9.17, 15) is 9.59 Å². The van der Waals surface area contributed by atoms with E-state index in [4.69, 9.17) is 0 Å². The number of amides is 2. The molecule has 3 rings (SSSR count). The number of pyridine rings is 1. The molecule has 0 aliphatic heterocycles. The predicted molar refractivity (Wildman–Crippen MR) is 84.7 cm³/mol. The third-order valence-corrected chi connectivity index (χ3v) is 3.21. The summed E-state index contributed by atoms with van der Waals surface area (Å²) in [5.41, 5.74) is 6.31. The quantitative estimate of drug-likeness (QED) is 0.692. The van der Waals surface area contributed by atoms with Crippen LogP contribution >= 0.6 is 0 Å². The molecule has 2 amide bonds. The Labute approximate surface area is 137 Å². The zero-order valence-corrected chi connectivity index (χ0v) is 12.6. The van der Waals surface area contributed by atoms with Crippen molar-refractivity contribution < 1.29 is 9.59 Å². The second-order valence-electron chi connectivity index (χ2n) is 4.91. The highest BCUT2D eigenvalue weighted by molar-refractivity contribution is 5.98. The maximum Gasteiger partial charge on any atom is 0.288 e. The van der Waals surface area contributed by atoms with E-state index in [0.29, 0.717) is 12.1 Å². The van der Waals surface area contributed by atoms with Crippen LogP contribution in [-0.2, 0) is 6.54 Å². The number of rotatable bonds is 4. The van der Waals surface area contributed by atoms with E-state index in [0.717, 1.165) is 5.56 Å². The van der Waals surface area contributed by atoms with Gasteiger partial charge in [0.2, 0.25) is 0 Å². The SMILES string of the molecule is O=C(NNC(=O)c1ccccn1)c1ccc(Cn2cncn2)cc1. The molecule has 8 heteroatoms. The lowest BCUT2D eigenvalue weighted by Gasteiger charge is -2.07. The first-order valence-corrected chi connectivity index (χ1v) is 7.15. The summed E-state index contributed by atoms with van der Waals surface area (Å²) in [7, 11) is 0. The molecule has 2 N–H and O–H groups in total. The highest BCUT2D eigenvalue weighted by Gasteiger charge is 2.09. The van der Waals surface area contributed by atoms with Crippen LogP contribution in [0.1, 0.15) is 26.4 Å². The average molecular weight is 322 g/mol. The van der Waals surface area contributed by atoms with Crippen molar-refractivity contribution in [3.8, 4) is 0 Å². The summed E-state index contributed by atoms with van der Waals surface area (Å²) in [6, 6.07) is 11.9. The maximum atomic E-state index is 12.0. The summed E-state index contributed by atoms with van der Waals surface area (Å²) < 4.78 is 1.68. The summed E-state index contributed by atoms with van der Waals surface area (Å²) >= 11 is 0. The maximum absolute atomic E-state index is 12.0. The molecule has 24 heavy (non-hydrogen) atoms. The Balaban J connectivity index is 1.56.